The van der Waals surface area contributed by atoms with Gasteiger partial charge in [0.1, 0.15) is 30.8 Å². The van der Waals surface area contributed by atoms with Gasteiger partial charge in [-0.2, -0.15) is 5.26 Å². The van der Waals surface area contributed by atoms with Crippen molar-refractivity contribution in [3.63, 3.8) is 0 Å². The van der Waals surface area contributed by atoms with E-state index in [0.717, 1.165) is 30.4 Å². The smallest absolute Gasteiger partial charge is 0.228 e. The lowest BCUT2D eigenvalue weighted by molar-refractivity contribution is -0.142. The molecule has 0 saturated carbocycles. The molecule has 1 aliphatic rings. The second kappa shape index (κ2) is 23.5. The Morgan fingerprint density at radius 1 is 0.844 bits per heavy atom. The van der Waals surface area contributed by atoms with Gasteiger partial charge in [-0.3, -0.25) is 24.0 Å². The van der Waals surface area contributed by atoms with E-state index in [1.165, 1.54) is 17.5 Å². The zero-order chi connectivity index (χ0) is 46.3. The predicted octanol–water partition coefficient (Wildman–Crippen LogP) is 6.14. The molecule has 1 heterocycles. The van der Waals surface area contributed by atoms with Gasteiger partial charge >= 0.3 is 0 Å². The van der Waals surface area contributed by atoms with Gasteiger partial charge in [-0.15, -0.1) is 0 Å². The molecule has 13 nitrogen and oxygen atoms in total. The molecule has 13 heteroatoms. The lowest BCUT2D eigenvalue weighted by atomic mass is 9.88. The van der Waals surface area contributed by atoms with Gasteiger partial charge in [-0.1, -0.05) is 80.9 Å². The Kier molecular flexibility index (Phi) is 17.9. The molecular formula is C51H62N6O7. The highest BCUT2D eigenvalue weighted by Gasteiger charge is 2.36. The van der Waals surface area contributed by atoms with Crippen LogP contribution in [0.25, 0.3) is 22.3 Å². The minimum atomic E-state index is -1.23. The minimum Gasteiger partial charge on any atom is -0.492 e. The van der Waals surface area contributed by atoms with Crippen LogP contribution < -0.4 is 32.0 Å². The Labute approximate surface area is 376 Å². The number of rotatable bonds is 19. The van der Waals surface area contributed by atoms with E-state index in [-0.39, 0.29) is 70.1 Å². The number of nitriles is 1. The number of benzene rings is 4. The quantitative estimate of drug-likeness (QED) is 0.0784. The first kappa shape index (κ1) is 48.8. The van der Waals surface area contributed by atoms with Crippen LogP contribution in [0.15, 0.2) is 84.9 Å². The summed E-state index contributed by atoms with van der Waals surface area (Å²) in [5.41, 5.74) is 23.8. The molecule has 1 aliphatic heterocycles. The Balaban J connectivity index is 1.52. The van der Waals surface area contributed by atoms with Gasteiger partial charge in [0.2, 0.25) is 11.8 Å². The number of unbranched alkanes of at least 4 members (excludes halogenated alkanes) is 1. The fourth-order valence-corrected chi connectivity index (χ4v) is 7.97. The van der Waals surface area contributed by atoms with Gasteiger partial charge < -0.3 is 36.9 Å². The topological polar surface area (TPSA) is 221 Å². The van der Waals surface area contributed by atoms with Crippen LogP contribution in [0.1, 0.15) is 86.0 Å². The standard InChI is InChI=1S/C51H62N6O7/c1-5-6-7-34-8-11-36(12-9-34)37-13-15-38(16-14-37)44(58)29-40(31-55)51(62)57(4)49-39-17-19-48(64-23-21-53)42(28-39)41-26-35(10-18-47(41)63-22-20-52)27-43(45(59)24-32(2)30-54)56-50(61)33(3)25-46(49)60/h8-19,26,28,32-33,40,43,49H,5-7,20-25,27,29,31,52-53,55H2,1-4H3,(H,56,61)/t32-,33-,40+,43+,49+/m1/s1. The second-order valence-corrected chi connectivity index (χ2v) is 16.7. The van der Waals surface area contributed by atoms with Gasteiger partial charge in [0, 0.05) is 68.6 Å². The first-order valence-electron chi connectivity index (χ1n) is 22.2. The number of nitrogens with one attached hydrogen (secondary N) is 1. The van der Waals surface area contributed by atoms with Crippen molar-refractivity contribution in [1.29, 1.82) is 5.26 Å². The number of Topliss-reactive ketones (excluding diaryl/α,β-unsaturated/α-hetero) is 3. The molecule has 0 fully saturated rings. The maximum absolute atomic E-state index is 14.6. The van der Waals surface area contributed by atoms with Crippen LogP contribution in [0.3, 0.4) is 0 Å². The maximum Gasteiger partial charge on any atom is 0.228 e. The van der Waals surface area contributed by atoms with Gasteiger partial charge in [-0.05, 0) is 78.3 Å². The zero-order valence-corrected chi connectivity index (χ0v) is 37.4. The number of fused-ring (bicyclic) bond motifs is 5. The van der Waals surface area contributed by atoms with Crippen LogP contribution in [0, 0.1) is 29.1 Å². The summed E-state index contributed by atoms with van der Waals surface area (Å²) < 4.78 is 12.2. The van der Waals surface area contributed by atoms with Crippen molar-refractivity contribution in [3.05, 3.63) is 107 Å². The molecule has 0 aromatic heterocycles. The summed E-state index contributed by atoms with van der Waals surface area (Å²) in [6, 6.07) is 26.0. The number of likely N-dealkylation sites (N-methyl/N-ethyl adjacent to an activating group) is 1. The molecule has 0 unspecified atom stereocenters. The van der Waals surface area contributed by atoms with E-state index in [1.807, 2.05) is 18.2 Å². The lowest BCUT2D eigenvalue weighted by Gasteiger charge is -2.32. The summed E-state index contributed by atoms with van der Waals surface area (Å²) in [7, 11) is 1.49. The molecule has 4 bridgehead atoms. The van der Waals surface area contributed by atoms with E-state index in [2.05, 4.69) is 42.6 Å². The molecular weight excluding hydrogens is 809 g/mol. The third kappa shape index (κ3) is 12.5. The van der Waals surface area contributed by atoms with Crippen molar-refractivity contribution in [2.75, 3.05) is 39.9 Å². The number of nitrogens with zero attached hydrogens (tertiary/aromatic N) is 2. The van der Waals surface area contributed by atoms with Gasteiger partial charge in [0.05, 0.1) is 23.9 Å². The number of amides is 2. The zero-order valence-electron chi connectivity index (χ0n) is 37.4. The third-order valence-electron chi connectivity index (χ3n) is 11.7. The van der Waals surface area contributed by atoms with Crippen LogP contribution >= 0.6 is 0 Å². The molecule has 5 rings (SSSR count). The number of ketones is 3. The minimum absolute atomic E-state index is 0.0861. The number of carbonyl (C=O) groups excluding carboxylic acids is 5. The first-order valence-corrected chi connectivity index (χ1v) is 22.2. The fraction of sp³-hybridized carbons (Fsp3) is 0.412. The summed E-state index contributed by atoms with van der Waals surface area (Å²) in [5, 5.41) is 12.3. The van der Waals surface area contributed by atoms with E-state index < -0.39 is 47.4 Å². The molecule has 0 saturated heterocycles. The van der Waals surface area contributed by atoms with Crippen molar-refractivity contribution < 1.29 is 33.4 Å². The van der Waals surface area contributed by atoms with Crippen molar-refractivity contribution in [1.82, 2.24) is 10.2 Å². The molecule has 0 aliphatic carbocycles. The lowest BCUT2D eigenvalue weighted by Crippen LogP contribution is -2.46. The number of hydrogen-bond donors (Lipinski definition) is 4. The second-order valence-electron chi connectivity index (χ2n) is 16.7. The van der Waals surface area contributed by atoms with E-state index in [0.29, 0.717) is 39.3 Å². The first-order chi connectivity index (χ1) is 30.8. The number of carbonyl (C=O) groups is 5. The van der Waals surface area contributed by atoms with Crippen molar-refractivity contribution in [2.45, 2.75) is 77.8 Å². The molecule has 0 radical (unpaired) electrons. The van der Waals surface area contributed by atoms with Crippen LogP contribution in [0.4, 0.5) is 0 Å². The van der Waals surface area contributed by atoms with Crippen molar-refractivity contribution in [3.8, 4) is 39.8 Å². The molecule has 338 valence electrons. The van der Waals surface area contributed by atoms with Crippen LogP contribution in [0.5, 0.6) is 11.5 Å². The number of nitrogens with two attached hydrogens (primary N) is 3. The highest BCUT2D eigenvalue weighted by atomic mass is 16.5. The Hall–Kier alpha value is -6.20. The van der Waals surface area contributed by atoms with E-state index in [9.17, 15) is 29.2 Å². The monoisotopic (exact) mass is 870 g/mol. The molecule has 64 heavy (non-hydrogen) atoms. The number of hydrogen-bond acceptors (Lipinski definition) is 11. The predicted molar refractivity (Wildman–Crippen MR) is 247 cm³/mol. The summed E-state index contributed by atoms with van der Waals surface area (Å²) in [6.45, 7) is 6.02. The summed E-state index contributed by atoms with van der Waals surface area (Å²) in [6.07, 6.45) is 2.81. The van der Waals surface area contributed by atoms with Crippen LogP contribution in [-0.2, 0) is 32.0 Å². The number of ether oxygens (including phenoxy) is 2. The number of aryl methyl sites for hydroxylation is 1. The van der Waals surface area contributed by atoms with Gasteiger partial charge in [-0.25, -0.2) is 0 Å². The van der Waals surface area contributed by atoms with E-state index in [1.54, 1.807) is 56.3 Å². The highest BCUT2D eigenvalue weighted by molar-refractivity contribution is 6.00. The highest BCUT2D eigenvalue weighted by Crippen LogP contribution is 2.41. The summed E-state index contributed by atoms with van der Waals surface area (Å²) in [5.74, 6) is -3.73. The van der Waals surface area contributed by atoms with Gasteiger partial charge in [0.25, 0.3) is 0 Å². The summed E-state index contributed by atoms with van der Waals surface area (Å²) >= 11 is 0. The van der Waals surface area contributed by atoms with Gasteiger partial charge in [0.15, 0.2) is 17.3 Å². The average Bonchev–Trinajstić information content (AvgIpc) is 3.30. The van der Waals surface area contributed by atoms with Crippen LogP contribution in [-0.4, -0.2) is 80.0 Å². The largest absolute Gasteiger partial charge is 0.492 e. The summed E-state index contributed by atoms with van der Waals surface area (Å²) in [4.78, 5) is 71.7. The van der Waals surface area contributed by atoms with Crippen molar-refractivity contribution >= 4 is 29.2 Å². The fourth-order valence-electron chi connectivity index (χ4n) is 7.97. The Morgan fingerprint density at radius 3 is 2.05 bits per heavy atom. The van der Waals surface area contributed by atoms with E-state index >= 15 is 0 Å². The SMILES string of the molecule is CCCCc1ccc(-c2ccc(C(=O)C[C@@H](CN)C(=O)N(C)[C@@H]3C(=O)C[C@@H](C)C(=O)N[C@H](C(=O)C[C@@H](C)C#N)Cc4ccc(OCCN)c(c4)-c4cc3ccc4OCCN)cc2)cc1. The molecule has 4 aromatic rings. The third-order valence-corrected chi connectivity index (χ3v) is 11.7. The van der Waals surface area contributed by atoms with Crippen LogP contribution in [0.2, 0.25) is 0 Å². The average molecular weight is 871 g/mol. The normalized spacial score (nSPS) is 17.2. The molecule has 4 aromatic carbocycles. The molecule has 5 atom stereocenters. The molecule has 7 N–H and O–H groups in total. The van der Waals surface area contributed by atoms with E-state index in [4.69, 9.17) is 26.7 Å². The Bertz CT molecular complexity index is 2310. The van der Waals surface area contributed by atoms with Crippen molar-refractivity contribution in [2.24, 2.45) is 35.0 Å². The maximum atomic E-state index is 14.6. The molecule has 0 spiro atoms. The molecule has 2 amide bonds. The Morgan fingerprint density at radius 2 is 1.45 bits per heavy atom.